The molecule has 0 bridgehead atoms. The summed E-state index contributed by atoms with van der Waals surface area (Å²) >= 11 is 3.02. The van der Waals surface area contributed by atoms with Gasteiger partial charge in [0.25, 0.3) is 5.91 Å². The van der Waals surface area contributed by atoms with Gasteiger partial charge in [-0.15, -0.1) is 0 Å². The summed E-state index contributed by atoms with van der Waals surface area (Å²) in [7, 11) is -1.25. The van der Waals surface area contributed by atoms with E-state index in [4.69, 9.17) is 9.47 Å². The van der Waals surface area contributed by atoms with Crippen LogP contribution in [-0.4, -0.2) is 70.3 Å². The van der Waals surface area contributed by atoms with Crippen LogP contribution in [0.25, 0.3) is 0 Å². The molecule has 10 heteroatoms. The van der Waals surface area contributed by atoms with E-state index in [-0.39, 0.29) is 25.2 Å². The Balaban J connectivity index is 5.12. The first-order valence-electron chi connectivity index (χ1n) is 10.4. The fourth-order valence-corrected chi connectivity index (χ4v) is 4.02. The van der Waals surface area contributed by atoms with Crippen LogP contribution in [0.3, 0.4) is 0 Å². The Bertz CT molecular complexity index is 668. The van der Waals surface area contributed by atoms with Crippen molar-refractivity contribution < 1.29 is 29.0 Å². The number of aliphatic hydroxyl groups excluding tert-OH is 1. The summed E-state index contributed by atoms with van der Waals surface area (Å²) in [6, 6.07) is 0.721. The van der Waals surface area contributed by atoms with Crippen molar-refractivity contribution in [3.8, 4) is 0 Å². The van der Waals surface area contributed by atoms with Gasteiger partial charge in [0.1, 0.15) is 11.8 Å². The third kappa shape index (κ3) is 15.1. The molecule has 0 saturated heterocycles. The van der Waals surface area contributed by atoms with Crippen LogP contribution in [-0.2, 0) is 23.9 Å². The van der Waals surface area contributed by atoms with Crippen LogP contribution in [0.15, 0.2) is 22.9 Å². The highest BCUT2D eigenvalue weighted by Crippen LogP contribution is 2.14. The maximum Gasteiger partial charge on any atom is 0.328 e. The molecular weight excluding hydrogens is 498 g/mol. The summed E-state index contributed by atoms with van der Waals surface area (Å²) in [5.74, 6) is -1.79. The minimum absolute atomic E-state index is 0.00585. The smallest absolute Gasteiger partial charge is 0.328 e. The Morgan fingerprint density at radius 2 is 1.52 bits per heavy atom. The monoisotopic (exact) mass is 535 g/mol. The molecule has 0 fully saturated rings. The molecule has 0 heterocycles. The van der Waals surface area contributed by atoms with Gasteiger partial charge in [0.05, 0.1) is 13.2 Å². The second-order valence-corrected chi connectivity index (χ2v) is 21.6. The van der Waals surface area contributed by atoms with E-state index in [1.165, 1.54) is 23.0 Å². The summed E-state index contributed by atoms with van der Waals surface area (Å²) < 4.78 is 10.7. The Labute approximate surface area is 197 Å². The molecule has 0 saturated carbocycles. The molecule has 0 aromatic rings. The number of allylic oxidation sites excluding steroid dienone is 1. The van der Waals surface area contributed by atoms with E-state index in [0.717, 1.165) is 18.2 Å². The van der Waals surface area contributed by atoms with E-state index in [2.05, 4.69) is 55.2 Å². The van der Waals surface area contributed by atoms with Crippen molar-refractivity contribution in [2.24, 2.45) is 0 Å². The Morgan fingerprint density at radius 1 is 1.00 bits per heavy atom. The molecule has 0 spiro atoms. The van der Waals surface area contributed by atoms with Crippen LogP contribution in [0.2, 0.25) is 51.4 Å². The summed E-state index contributed by atoms with van der Waals surface area (Å²) in [5.41, 5.74) is 0. The lowest BCUT2D eigenvalue weighted by Crippen LogP contribution is -2.43. The van der Waals surface area contributed by atoms with Gasteiger partial charge in [-0.3, -0.25) is 9.59 Å². The Kier molecular flexibility index (Phi) is 13.3. The van der Waals surface area contributed by atoms with Gasteiger partial charge in [-0.25, -0.2) is 4.79 Å². The van der Waals surface area contributed by atoms with Crippen molar-refractivity contribution in [2.75, 3.05) is 20.3 Å². The summed E-state index contributed by atoms with van der Waals surface area (Å²) in [4.78, 5) is 39.9. The number of nitrogens with zero attached hydrogens (tertiary/aromatic N) is 1. The summed E-state index contributed by atoms with van der Waals surface area (Å²) in [6.45, 7) is 13.8. The number of hydrogen-bond acceptors (Lipinski definition) is 6. The van der Waals surface area contributed by atoms with Gasteiger partial charge in [0.2, 0.25) is 0 Å². The molecule has 0 radical (unpaired) electrons. The van der Waals surface area contributed by atoms with Crippen molar-refractivity contribution in [3.63, 3.8) is 0 Å². The predicted molar refractivity (Wildman–Crippen MR) is 133 cm³/mol. The normalized spacial score (nSPS) is 13.7. The zero-order valence-electron chi connectivity index (χ0n) is 19.9. The molecule has 1 atom stereocenters. The molecule has 1 amide bonds. The first-order chi connectivity index (χ1) is 14.2. The fourth-order valence-electron chi connectivity index (χ4n) is 2.32. The van der Waals surface area contributed by atoms with E-state index in [9.17, 15) is 19.5 Å². The summed E-state index contributed by atoms with van der Waals surface area (Å²) in [6.07, 6.45) is 2.38. The van der Waals surface area contributed by atoms with Crippen molar-refractivity contribution in [1.82, 2.24) is 4.90 Å². The van der Waals surface area contributed by atoms with Gasteiger partial charge in [-0.2, -0.15) is 0 Å². The number of carbonyl (C=O) groups is 3. The molecule has 0 aliphatic heterocycles. The molecule has 31 heavy (non-hydrogen) atoms. The molecule has 0 aromatic carbocycles. The van der Waals surface area contributed by atoms with Gasteiger partial charge in [0, 0.05) is 35.7 Å². The van der Waals surface area contributed by atoms with E-state index in [1.807, 2.05) is 0 Å². The number of esters is 2. The number of aliphatic hydroxyl groups is 1. The topological polar surface area (TPSA) is 93.1 Å². The van der Waals surface area contributed by atoms with Crippen LogP contribution in [0.4, 0.5) is 0 Å². The van der Waals surface area contributed by atoms with Crippen molar-refractivity contribution in [3.05, 3.63) is 22.9 Å². The Morgan fingerprint density at radius 3 is 2.00 bits per heavy atom. The minimum Gasteiger partial charge on any atom is -0.508 e. The first kappa shape index (κ1) is 29.6. The van der Waals surface area contributed by atoms with E-state index in [0.29, 0.717) is 6.61 Å². The average Bonchev–Trinajstić information content (AvgIpc) is 2.59. The number of hydrogen-bond donors (Lipinski definition) is 1. The molecular formula is C21H38BrNO6Si2. The fraction of sp³-hybridized carbons (Fsp3) is 0.667. The molecule has 0 unspecified atom stereocenters. The second-order valence-electron chi connectivity index (χ2n) is 9.87. The minimum atomic E-state index is -1.39. The molecule has 0 aromatic heterocycles. The highest BCUT2D eigenvalue weighted by Gasteiger charge is 2.29. The predicted octanol–water partition coefficient (Wildman–Crippen LogP) is 4.71. The molecule has 0 aliphatic rings. The van der Waals surface area contributed by atoms with Crippen LogP contribution in [0.5, 0.6) is 0 Å². The zero-order chi connectivity index (χ0) is 24.2. The molecule has 0 aliphatic carbocycles. The molecule has 7 nitrogen and oxygen atoms in total. The standard InChI is InChI=1S/C21H38BrNO6Si2/c1-23(19(25)16-17(24)10-11-22)18(21(27)29-13-15-31(5,6)7)8-9-20(26)28-12-14-30(2,3)4/h10-11,16,18,24H,8-9,12-15H2,1-7H3/b11-10+,17-16-/t18-/m0/s1. The van der Waals surface area contributed by atoms with Crippen molar-refractivity contribution in [1.29, 1.82) is 0 Å². The third-order valence-corrected chi connectivity index (χ3v) is 8.10. The van der Waals surface area contributed by atoms with Crippen LogP contribution in [0.1, 0.15) is 12.8 Å². The highest BCUT2D eigenvalue weighted by molar-refractivity contribution is 9.11. The van der Waals surface area contributed by atoms with E-state index >= 15 is 0 Å². The largest absolute Gasteiger partial charge is 0.508 e. The van der Waals surface area contributed by atoms with Gasteiger partial charge < -0.3 is 19.5 Å². The molecule has 0 rings (SSSR count). The second kappa shape index (κ2) is 13.9. The van der Waals surface area contributed by atoms with Crippen molar-refractivity contribution in [2.45, 2.75) is 70.3 Å². The number of likely N-dealkylation sites (N-methyl/N-ethyl adjacent to an activating group) is 1. The maximum atomic E-state index is 12.7. The molecule has 1 N–H and O–H groups in total. The third-order valence-electron chi connectivity index (χ3n) is 4.43. The summed E-state index contributed by atoms with van der Waals surface area (Å²) in [5, 5.41) is 9.72. The maximum absolute atomic E-state index is 12.7. The lowest BCUT2D eigenvalue weighted by Gasteiger charge is -2.26. The van der Waals surface area contributed by atoms with Gasteiger partial charge in [0.15, 0.2) is 0 Å². The van der Waals surface area contributed by atoms with E-state index in [1.54, 1.807) is 0 Å². The van der Waals surface area contributed by atoms with Gasteiger partial charge >= 0.3 is 11.9 Å². The van der Waals surface area contributed by atoms with Crippen LogP contribution < -0.4 is 0 Å². The number of rotatable bonds is 13. The lowest BCUT2D eigenvalue weighted by atomic mass is 10.1. The van der Waals surface area contributed by atoms with Crippen molar-refractivity contribution >= 4 is 49.9 Å². The van der Waals surface area contributed by atoms with Gasteiger partial charge in [-0.05, 0) is 29.6 Å². The number of halogens is 1. The number of amides is 1. The van der Waals surface area contributed by atoms with Crippen LogP contribution in [0, 0.1) is 0 Å². The molecule has 178 valence electrons. The van der Waals surface area contributed by atoms with E-state index < -0.39 is 40.0 Å². The first-order valence-corrected chi connectivity index (χ1v) is 18.8. The lowest BCUT2D eigenvalue weighted by molar-refractivity contribution is -0.154. The highest BCUT2D eigenvalue weighted by atomic mass is 79.9. The number of ether oxygens (including phenoxy) is 2. The quantitative estimate of drug-likeness (QED) is 0.121. The Hall–Kier alpha value is -1.40. The zero-order valence-corrected chi connectivity index (χ0v) is 23.5. The number of carbonyl (C=O) groups excluding carboxylic acids is 3. The van der Waals surface area contributed by atoms with Crippen LogP contribution >= 0.6 is 15.9 Å². The average molecular weight is 537 g/mol. The van der Waals surface area contributed by atoms with Gasteiger partial charge in [-0.1, -0.05) is 55.2 Å². The SMILES string of the molecule is CN(C(=O)/C=C(O)/C=C/Br)[C@@H](CCC(=O)OCC[Si](C)(C)C)C(=O)OCC[Si](C)(C)C.